The van der Waals surface area contributed by atoms with Crippen LogP contribution >= 0.6 is 0 Å². The van der Waals surface area contributed by atoms with Crippen LogP contribution in [0.25, 0.3) is 0 Å². The smallest absolute Gasteiger partial charge is 0.0455 e. The van der Waals surface area contributed by atoms with Crippen molar-refractivity contribution in [3.05, 3.63) is 34.9 Å². The van der Waals surface area contributed by atoms with Gasteiger partial charge in [-0.2, -0.15) is 0 Å². The maximum absolute atomic E-state index is 5.60. The summed E-state index contributed by atoms with van der Waals surface area (Å²) in [6.07, 6.45) is 0. The second-order valence-corrected chi connectivity index (χ2v) is 5.59. The van der Waals surface area contributed by atoms with E-state index in [2.05, 4.69) is 50.8 Å². The molecular weight excluding hydrogens is 196 g/mol. The first kappa shape index (κ1) is 13.2. The number of aryl methyl sites for hydroxylation is 1. The van der Waals surface area contributed by atoms with E-state index in [9.17, 15) is 0 Å². The molecule has 0 fully saturated rings. The Hall–Kier alpha value is -0.860. The van der Waals surface area contributed by atoms with Crippen LogP contribution in [-0.4, -0.2) is 18.6 Å². The molecule has 1 aromatic rings. The summed E-state index contributed by atoms with van der Waals surface area (Å²) in [4.78, 5) is 2.11. The van der Waals surface area contributed by atoms with Gasteiger partial charge in [0.25, 0.3) is 0 Å². The van der Waals surface area contributed by atoms with E-state index in [1.54, 1.807) is 0 Å². The molecule has 90 valence electrons. The van der Waals surface area contributed by atoms with Crippen molar-refractivity contribution in [2.45, 2.75) is 39.7 Å². The van der Waals surface area contributed by atoms with Crippen LogP contribution < -0.4 is 5.73 Å². The summed E-state index contributed by atoms with van der Waals surface area (Å²) < 4.78 is 0. The van der Waals surface area contributed by atoms with Gasteiger partial charge in [0.2, 0.25) is 0 Å². The average molecular weight is 220 g/mol. The summed E-state index contributed by atoms with van der Waals surface area (Å²) in [6.45, 7) is 10.4. The number of nitrogens with two attached hydrogens (primary N) is 1. The molecule has 0 aliphatic heterocycles. The first-order valence-corrected chi connectivity index (χ1v) is 5.83. The number of rotatable bonds is 3. The standard InChI is InChI=1S/C14H24N2/c1-11-8-13(14(2,3)4)7-6-12(11)9-16(5)10-15/h6-8H,9-10,15H2,1-5H3. The van der Waals surface area contributed by atoms with E-state index < -0.39 is 0 Å². The van der Waals surface area contributed by atoms with Gasteiger partial charge in [-0.05, 0) is 36.1 Å². The van der Waals surface area contributed by atoms with Crippen LogP contribution in [0.2, 0.25) is 0 Å². The van der Waals surface area contributed by atoms with Crippen molar-refractivity contribution in [2.75, 3.05) is 13.7 Å². The van der Waals surface area contributed by atoms with E-state index >= 15 is 0 Å². The van der Waals surface area contributed by atoms with Crippen LogP contribution in [0, 0.1) is 6.92 Å². The Morgan fingerprint density at radius 2 is 1.88 bits per heavy atom. The SMILES string of the molecule is Cc1cc(C(C)(C)C)ccc1CN(C)CN. The molecule has 1 aromatic carbocycles. The highest BCUT2D eigenvalue weighted by atomic mass is 15.1. The van der Waals surface area contributed by atoms with Crippen LogP contribution in [0.4, 0.5) is 0 Å². The molecule has 0 spiro atoms. The summed E-state index contributed by atoms with van der Waals surface area (Å²) in [6, 6.07) is 6.74. The van der Waals surface area contributed by atoms with Crippen molar-refractivity contribution >= 4 is 0 Å². The van der Waals surface area contributed by atoms with Crippen molar-refractivity contribution in [1.29, 1.82) is 0 Å². The average Bonchev–Trinajstić information content (AvgIpc) is 2.19. The van der Waals surface area contributed by atoms with Gasteiger partial charge in [-0.3, -0.25) is 4.90 Å². The fraction of sp³-hybridized carbons (Fsp3) is 0.571. The van der Waals surface area contributed by atoms with E-state index in [0.29, 0.717) is 6.67 Å². The first-order chi connectivity index (χ1) is 7.34. The van der Waals surface area contributed by atoms with E-state index in [1.165, 1.54) is 16.7 Å². The number of nitrogens with zero attached hydrogens (tertiary/aromatic N) is 1. The Balaban J connectivity index is 2.92. The maximum atomic E-state index is 5.60. The highest BCUT2D eigenvalue weighted by Gasteiger charge is 2.14. The molecule has 2 heteroatoms. The lowest BCUT2D eigenvalue weighted by Gasteiger charge is -2.22. The van der Waals surface area contributed by atoms with Gasteiger partial charge in [0.15, 0.2) is 0 Å². The van der Waals surface area contributed by atoms with Crippen molar-refractivity contribution in [2.24, 2.45) is 5.73 Å². The third-order valence-corrected chi connectivity index (χ3v) is 2.96. The second kappa shape index (κ2) is 4.98. The highest BCUT2D eigenvalue weighted by Crippen LogP contribution is 2.24. The fourth-order valence-electron chi connectivity index (χ4n) is 1.70. The Bertz CT molecular complexity index is 350. The van der Waals surface area contributed by atoms with Gasteiger partial charge in [-0.15, -0.1) is 0 Å². The molecule has 0 saturated carbocycles. The Morgan fingerprint density at radius 3 is 2.31 bits per heavy atom. The minimum absolute atomic E-state index is 0.225. The summed E-state index contributed by atoms with van der Waals surface area (Å²) in [5, 5.41) is 0. The van der Waals surface area contributed by atoms with Gasteiger partial charge in [-0.25, -0.2) is 0 Å². The van der Waals surface area contributed by atoms with Crippen LogP contribution in [-0.2, 0) is 12.0 Å². The molecular formula is C14H24N2. The van der Waals surface area contributed by atoms with Crippen LogP contribution in [0.15, 0.2) is 18.2 Å². The van der Waals surface area contributed by atoms with E-state index in [1.807, 2.05) is 7.05 Å². The molecule has 16 heavy (non-hydrogen) atoms. The van der Waals surface area contributed by atoms with Gasteiger partial charge in [0.05, 0.1) is 0 Å². The van der Waals surface area contributed by atoms with Gasteiger partial charge >= 0.3 is 0 Å². The van der Waals surface area contributed by atoms with E-state index in [4.69, 9.17) is 5.73 Å². The molecule has 0 aliphatic carbocycles. The molecule has 0 aromatic heterocycles. The zero-order chi connectivity index (χ0) is 12.3. The van der Waals surface area contributed by atoms with Gasteiger partial charge in [0.1, 0.15) is 0 Å². The van der Waals surface area contributed by atoms with Crippen LogP contribution in [0.5, 0.6) is 0 Å². The Morgan fingerprint density at radius 1 is 1.25 bits per heavy atom. The highest BCUT2D eigenvalue weighted by molar-refractivity contribution is 5.34. The van der Waals surface area contributed by atoms with Crippen LogP contribution in [0.1, 0.15) is 37.5 Å². The third-order valence-electron chi connectivity index (χ3n) is 2.96. The molecule has 0 saturated heterocycles. The maximum Gasteiger partial charge on any atom is 0.0455 e. The Labute approximate surface area is 99.5 Å². The molecule has 0 bridgehead atoms. The van der Waals surface area contributed by atoms with Crippen molar-refractivity contribution < 1.29 is 0 Å². The lowest BCUT2D eigenvalue weighted by atomic mass is 9.85. The molecule has 0 heterocycles. The van der Waals surface area contributed by atoms with Crippen molar-refractivity contribution in [1.82, 2.24) is 4.90 Å². The van der Waals surface area contributed by atoms with E-state index in [-0.39, 0.29) is 5.41 Å². The predicted molar refractivity (Wildman–Crippen MR) is 70.4 cm³/mol. The third kappa shape index (κ3) is 3.32. The molecule has 0 amide bonds. The molecule has 0 atom stereocenters. The molecule has 2 N–H and O–H groups in total. The molecule has 1 rings (SSSR count). The Kier molecular flexibility index (Phi) is 4.11. The first-order valence-electron chi connectivity index (χ1n) is 5.83. The fourth-order valence-corrected chi connectivity index (χ4v) is 1.70. The van der Waals surface area contributed by atoms with Crippen molar-refractivity contribution in [3.8, 4) is 0 Å². The largest absolute Gasteiger partial charge is 0.318 e. The molecule has 2 nitrogen and oxygen atoms in total. The molecule has 0 radical (unpaired) electrons. The van der Waals surface area contributed by atoms with Crippen molar-refractivity contribution in [3.63, 3.8) is 0 Å². The van der Waals surface area contributed by atoms with E-state index in [0.717, 1.165) is 6.54 Å². The minimum atomic E-state index is 0.225. The molecule has 0 unspecified atom stereocenters. The monoisotopic (exact) mass is 220 g/mol. The predicted octanol–water partition coefficient (Wildman–Crippen LogP) is 2.64. The topological polar surface area (TPSA) is 29.3 Å². The lowest BCUT2D eigenvalue weighted by Crippen LogP contribution is -2.25. The number of benzene rings is 1. The summed E-state index contributed by atoms with van der Waals surface area (Å²) >= 11 is 0. The number of hydrogen-bond donors (Lipinski definition) is 1. The molecule has 0 aliphatic rings. The summed E-state index contributed by atoms with van der Waals surface area (Å²) in [7, 11) is 2.04. The zero-order valence-corrected chi connectivity index (χ0v) is 11.2. The number of hydrogen-bond acceptors (Lipinski definition) is 2. The zero-order valence-electron chi connectivity index (χ0n) is 11.2. The lowest BCUT2D eigenvalue weighted by molar-refractivity contribution is 0.336. The van der Waals surface area contributed by atoms with Crippen LogP contribution in [0.3, 0.4) is 0 Å². The second-order valence-electron chi connectivity index (χ2n) is 5.59. The summed E-state index contributed by atoms with van der Waals surface area (Å²) in [5.74, 6) is 0. The van der Waals surface area contributed by atoms with Gasteiger partial charge in [-0.1, -0.05) is 39.0 Å². The minimum Gasteiger partial charge on any atom is -0.318 e. The van der Waals surface area contributed by atoms with Gasteiger partial charge < -0.3 is 5.73 Å². The normalized spacial score (nSPS) is 12.2. The van der Waals surface area contributed by atoms with Gasteiger partial charge in [0, 0.05) is 13.2 Å². The quantitative estimate of drug-likeness (QED) is 0.793. The summed E-state index contributed by atoms with van der Waals surface area (Å²) in [5.41, 5.74) is 9.93.